The molecule has 0 aromatic carbocycles. The van der Waals surface area contributed by atoms with Crippen LogP contribution in [0, 0.1) is 0 Å². The predicted molar refractivity (Wildman–Crippen MR) is 187 cm³/mol. The predicted octanol–water partition coefficient (Wildman–Crippen LogP) is 6.65. The van der Waals surface area contributed by atoms with Crippen LogP contribution in [0.15, 0.2) is 0 Å². The standard InChI is InChI=1S/C38H74O9/c1-31(40)29-33(42)26-24-22-20-18-16-14-12-10-8-6-4-2-3-5-7-9-11-13-15-17-19-21-23-25-32(41)27-28-46-38-37(45)36(44)35(43)34(30-39)47-38/h31-32,34-41,43-45H,2-30H2,1H3/t31-,32-,34?,35-,36?,37+,38+/m1/s1. The Morgan fingerprint density at radius 2 is 1.00 bits per heavy atom. The molecule has 2 unspecified atom stereocenters. The molecule has 7 atom stereocenters. The van der Waals surface area contributed by atoms with Crippen LogP contribution in [-0.4, -0.2) is 92.5 Å². The van der Waals surface area contributed by atoms with Crippen molar-refractivity contribution in [1.82, 2.24) is 0 Å². The van der Waals surface area contributed by atoms with Crippen LogP contribution in [0.25, 0.3) is 0 Å². The number of ether oxygens (including phenoxy) is 2. The van der Waals surface area contributed by atoms with E-state index < -0.39 is 49.5 Å². The van der Waals surface area contributed by atoms with Gasteiger partial charge in [-0.2, -0.15) is 0 Å². The molecule has 0 aromatic heterocycles. The van der Waals surface area contributed by atoms with Crippen molar-refractivity contribution in [3.63, 3.8) is 0 Å². The fourth-order valence-electron chi connectivity index (χ4n) is 6.52. The zero-order chi connectivity index (χ0) is 34.5. The van der Waals surface area contributed by atoms with E-state index in [1.54, 1.807) is 6.92 Å². The molecule has 1 saturated heterocycles. The summed E-state index contributed by atoms with van der Waals surface area (Å²) < 4.78 is 10.8. The highest BCUT2D eigenvalue weighted by Gasteiger charge is 2.43. The maximum absolute atomic E-state index is 11.6. The van der Waals surface area contributed by atoms with Gasteiger partial charge in [0.05, 0.1) is 25.4 Å². The summed E-state index contributed by atoms with van der Waals surface area (Å²) in [5.41, 5.74) is 0. The topological polar surface area (TPSA) is 157 Å². The molecule has 1 aliphatic rings. The van der Waals surface area contributed by atoms with Gasteiger partial charge >= 0.3 is 0 Å². The Bertz CT molecular complexity index is 705. The lowest BCUT2D eigenvalue weighted by molar-refractivity contribution is -0.301. The molecule has 0 aromatic rings. The molecule has 1 heterocycles. The van der Waals surface area contributed by atoms with Crippen LogP contribution in [0.2, 0.25) is 0 Å². The lowest BCUT2D eigenvalue weighted by Gasteiger charge is -2.39. The minimum Gasteiger partial charge on any atom is -0.394 e. The lowest BCUT2D eigenvalue weighted by Crippen LogP contribution is -2.59. The smallest absolute Gasteiger partial charge is 0.186 e. The van der Waals surface area contributed by atoms with Crippen LogP contribution >= 0.6 is 0 Å². The van der Waals surface area contributed by atoms with Gasteiger partial charge in [-0.3, -0.25) is 4.79 Å². The van der Waals surface area contributed by atoms with E-state index in [0.29, 0.717) is 25.7 Å². The van der Waals surface area contributed by atoms with Crippen LogP contribution in [0.1, 0.15) is 180 Å². The summed E-state index contributed by atoms with van der Waals surface area (Å²) in [6.07, 6.45) is 24.3. The van der Waals surface area contributed by atoms with E-state index in [9.17, 15) is 35.4 Å². The zero-order valence-corrected chi connectivity index (χ0v) is 30.0. The van der Waals surface area contributed by atoms with Crippen molar-refractivity contribution in [1.29, 1.82) is 0 Å². The SMILES string of the molecule is C[C@@H](O)CC(=O)CCCCCCCCCCCCCCCCCCCCCCCCC[C@@H](O)CCO[C@H]1OC(CO)[C@@H](O)C(O)[C@@H]1O. The van der Waals surface area contributed by atoms with Crippen LogP contribution in [0.4, 0.5) is 0 Å². The monoisotopic (exact) mass is 675 g/mol. The molecule has 47 heavy (non-hydrogen) atoms. The van der Waals surface area contributed by atoms with Gasteiger partial charge in [0.1, 0.15) is 30.2 Å². The number of ketones is 1. The van der Waals surface area contributed by atoms with E-state index in [1.165, 1.54) is 122 Å². The summed E-state index contributed by atoms with van der Waals surface area (Å²) >= 11 is 0. The molecule has 1 rings (SSSR count). The van der Waals surface area contributed by atoms with Crippen molar-refractivity contribution >= 4 is 5.78 Å². The first kappa shape index (κ1) is 44.4. The number of hydrogen-bond acceptors (Lipinski definition) is 9. The first-order valence-corrected chi connectivity index (χ1v) is 19.6. The summed E-state index contributed by atoms with van der Waals surface area (Å²) in [7, 11) is 0. The van der Waals surface area contributed by atoms with E-state index in [4.69, 9.17) is 9.47 Å². The largest absolute Gasteiger partial charge is 0.394 e. The second kappa shape index (κ2) is 30.2. The quantitative estimate of drug-likeness (QED) is 0.0420. The number of aliphatic hydroxyl groups is 6. The molecule has 0 amide bonds. The molecule has 0 aliphatic carbocycles. The minimum absolute atomic E-state index is 0.159. The Labute approximate surface area is 286 Å². The van der Waals surface area contributed by atoms with Crippen molar-refractivity contribution in [2.75, 3.05) is 13.2 Å². The van der Waals surface area contributed by atoms with Gasteiger partial charge in [-0.05, 0) is 26.2 Å². The summed E-state index contributed by atoms with van der Waals surface area (Å²) in [5.74, 6) is 0.200. The molecule has 1 fully saturated rings. The molecule has 9 nitrogen and oxygen atoms in total. The molecule has 280 valence electrons. The normalized spacial score (nSPS) is 22.8. The summed E-state index contributed by atoms with van der Waals surface area (Å²) in [4.78, 5) is 11.6. The third-order valence-corrected chi connectivity index (χ3v) is 9.60. The highest BCUT2D eigenvalue weighted by atomic mass is 16.7. The fourth-order valence-corrected chi connectivity index (χ4v) is 6.52. The second-order valence-corrected chi connectivity index (χ2v) is 14.3. The second-order valence-electron chi connectivity index (χ2n) is 14.3. The molecule has 9 heteroatoms. The van der Waals surface area contributed by atoms with E-state index >= 15 is 0 Å². The lowest BCUT2D eigenvalue weighted by atomic mass is 9.99. The van der Waals surface area contributed by atoms with Crippen molar-refractivity contribution in [3.05, 3.63) is 0 Å². The number of Topliss-reactive ketones (excluding diaryl/α,β-unsaturated/α-hetero) is 1. The molecule has 0 saturated carbocycles. The Balaban J connectivity index is 1.75. The zero-order valence-electron chi connectivity index (χ0n) is 30.0. The summed E-state index contributed by atoms with van der Waals surface area (Å²) in [5, 5.41) is 58.3. The van der Waals surface area contributed by atoms with Gasteiger partial charge in [-0.15, -0.1) is 0 Å². The molecule has 6 N–H and O–H groups in total. The average Bonchev–Trinajstić information content (AvgIpc) is 3.04. The molecular weight excluding hydrogens is 600 g/mol. The molecular formula is C38H74O9. The van der Waals surface area contributed by atoms with Gasteiger partial charge in [-0.25, -0.2) is 0 Å². The Morgan fingerprint density at radius 1 is 0.596 bits per heavy atom. The first-order valence-electron chi connectivity index (χ1n) is 19.6. The van der Waals surface area contributed by atoms with Crippen LogP contribution in [0.3, 0.4) is 0 Å². The Hall–Kier alpha value is -0.650. The Morgan fingerprint density at radius 3 is 1.40 bits per heavy atom. The van der Waals surface area contributed by atoms with E-state index in [1.807, 2.05) is 0 Å². The third-order valence-electron chi connectivity index (χ3n) is 9.60. The van der Waals surface area contributed by atoms with E-state index in [0.717, 1.165) is 25.7 Å². The Kier molecular flexibility index (Phi) is 28.5. The van der Waals surface area contributed by atoms with Crippen molar-refractivity contribution in [2.24, 2.45) is 0 Å². The molecule has 0 bridgehead atoms. The number of carbonyl (C=O) groups is 1. The fraction of sp³-hybridized carbons (Fsp3) is 0.974. The average molecular weight is 675 g/mol. The van der Waals surface area contributed by atoms with Crippen LogP contribution in [-0.2, 0) is 14.3 Å². The van der Waals surface area contributed by atoms with Crippen molar-refractivity contribution in [3.8, 4) is 0 Å². The van der Waals surface area contributed by atoms with E-state index in [-0.39, 0.29) is 12.4 Å². The summed E-state index contributed by atoms with van der Waals surface area (Å²) in [6.45, 7) is 1.35. The maximum atomic E-state index is 11.6. The van der Waals surface area contributed by atoms with Crippen LogP contribution in [0.5, 0.6) is 0 Å². The van der Waals surface area contributed by atoms with Gasteiger partial charge in [0, 0.05) is 12.8 Å². The molecule has 1 aliphatic heterocycles. The number of unbranched alkanes of at least 4 members (excludes halogenated alkanes) is 22. The third kappa shape index (κ3) is 24.2. The van der Waals surface area contributed by atoms with Gasteiger partial charge in [0.2, 0.25) is 0 Å². The number of carbonyl (C=O) groups excluding carboxylic acids is 1. The molecule has 0 spiro atoms. The van der Waals surface area contributed by atoms with Crippen LogP contribution < -0.4 is 0 Å². The minimum atomic E-state index is -1.45. The van der Waals surface area contributed by atoms with Crippen molar-refractivity contribution in [2.45, 2.75) is 223 Å². The highest BCUT2D eigenvalue weighted by Crippen LogP contribution is 2.22. The van der Waals surface area contributed by atoms with Gasteiger partial charge in [-0.1, -0.05) is 141 Å². The maximum Gasteiger partial charge on any atom is 0.186 e. The summed E-state index contributed by atoms with van der Waals surface area (Å²) in [6, 6.07) is 0. The highest BCUT2D eigenvalue weighted by molar-refractivity contribution is 5.78. The number of hydrogen-bond donors (Lipinski definition) is 6. The first-order chi connectivity index (χ1) is 22.8. The van der Waals surface area contributed by atoms with Crippen molar-refractivity contribution < 1.29 is 44.9 Å². The van der Waals surface area contributed by atoms with Gasteiger partial charge in [0.25, 0.3) is 0 Å². The van der Waals surface area contributed by atoms with Gasteiger partial charge in [0.15, 0.2) is 6.29 Å². The number of rotatable bonds is 33. The van der Waals surface area contributed by atoms with E-state index in [2.05, 4.69) is 0 Å². The molecule has 0 radical (unpaired) electrons. The van der Waals surface area contributed by atoms with Gasteiger partial charge < -0.3 is 40.1 Å². The number of aliphatic hydroxyl groups excluding tert-OH is 6.